The third-order valence-electron chi connectivity index (χ3n) is 2.56. The number of hydrogen-bond acceptors (Lipinski definition) is 3. The smallest absolute Gasteiger partial charge is 0.138 e. The highest BCUT2D eigenvalue weighted by Crippen LogP contribution is 2.23. The van der Waals surface area contributed by atoms with Gasteiger partial charge in [0.15, 0.2) is 0 Å². The lowest BCUT2D eigenvalue weighted by molar-refractivity contribution is 0.628. The Hall–Kier alpha value is -1.68. The minimum absolute atomic E-state index is 0.271. The predicted octanol–water partition coefficient (Wildman–Crippen LogP) is 3.88. The van der Waals surface area contributed by atoms with Crippen LogP contribution >= 0.6 is 11.6 Å². The second kappa shape index (κ2) is 5.31. The number of rotatable bonds is 3. The summed E-state index contributed by atoms with van der Waals surface area (Å²) in [4.78, 5) is 8.53. The zero-order valence-electron chi connectivity index (χ0n) is 10.2. The van der Waals surface area contributed by atoms with E-state index in [4.69, 9.17) is 11.6 Å². The van der Waals surface area contributed by atoms with Gasteiger partial charge >= 0.3 is 0 Å². The molecule has 5 heteroatoms. The first-order chi connectivity index (χ1) is 8.60. The molecule has 1 aromatic heterocycles. The van der Waals surface area contributed by atoms with Crippen molar-refractivity contribution in [3.8, 4) is 0 Å². The highest BCUT2D eigenvalue weighted by atomic mass is 35.5. The standard InChI is InChI=1S/C13H13ClFN3/c1-3-11-17-12(14)8(2)13(18-11)16-10-6-4-9(15)5-7-10/h4-7H,3H2,1-2H3,(H,16,17,18). The van der Waals surface area contributed by atoms with Gasteiger partial charge in [0.2, 0.25) is 0 Å². The van der Waals surface area contributed by atoms with E-state index in [-0.39, 0.29) is 5.82 Å². The summed E-state index contributed by atoms with van der Waals surface area (Å²) >= 11 is 6.04. The Labute approximate surface area is 110 Å². The van der Waals surface area contributed by atoms with Crippen LogP contribution in [-0.2, 0) is 6.42 Å². The van der Waals surface area contributed by atoms with Gasteiger partial charge in [-0.15, -0.1) is 0 Å². The zero-order valence-corrected chi connectivity index (χ0v) is 10.9. The predicted molar refractivity (Wildman–Crippen MR) is 70.8 cm³/mol. The van der Waals surface area contributed by atoms with Crippen LogP contribution in [0.5, 0.6) is 0 Å². The molecule has 94 valence electrons. The summed E-state index contributed by atoms with van der Waals surface area (Å²) in [6.07, 6.45) is 0.706. The van der Waals surface area contributed by atoms with Crippen LogP contribution < -0.4 is 5.32 Å². The summed E-state index contributed by atoms with van der Waals surface area (Å²) in [7, 11) is 0. The van der Waals surface area contributed by atoms with Crippen LogP contribution in [0, 0.1) is 12.7 Å². The normalized spacial score (nSPS) is 10.4. The molecular formula is C13H13ClFN3. The molecule has 0 spiro atoms. The van der Waals surface area contributed by atoms with E-state index in [1.807, 2.05) is 13.8 Å². The van der Waals surface area contributed by atoms with Crippen LogP contribution in [-0.4, -0.2) is 9.97 Å². The van der Waals surface area contributed by atoms with Crippen LogP contribution in [0.2, 0.25) is 5.15 Å². The third kappa shape index (κ3) is 2.76. The van der Waals surface area contributed by atoms with E-state index in [1.54, 1.807) is 12.1 Å². The topological polar surface area (TPSA) is 37.8 Å². The van der Waals surface area contributed by atoms with Crippen LogP contribution in [0.15, 0.2) is 24.3 Å². The summed E-state index contributed by atoms with van der Waals surface area (Å²) in [5.74, 6) is 1.06. The second-order valence-corrected chi connectivity index (χ2v) is 4.25. The molecule has 0 bridgehead atoms. The van der Waals surface area contributed by atoms with Crippen molar-refractivity contribution in [1.82, 2.24) is 9.97 Å². The molecule has 0 fully saturated rings. The van der Waals surface area contributed by atoms with E-state index in [0.717, 1.165) is 11.3 Å². The van der Waals surface area contributed by atoms with Gasteiger partial charge in [-0.3, -0.25) is 0 Å². The van der Waals surface area contributed by atoms with E-state index < -0.39 is 0 Å². The molecule has 0 saturated heterocycles. The first-order valence-corrected chi connectivity index (χ1v) is 6.03. The van der Waals surface area contributed by atoms with Gasteiger partial charge in [0, 0.05) is 17.7 Å². The zero-order chi connectivity index (χ0) is 13.1. The Bertz CT molecular complexity index is 555. The van der Waals surface area contributed by atoms with E-state index >= 15 is 0 Å². The molecule has 0 aliphatic heterocycles. The molecule has 3 nitrogen and oxygen atoms in total. The number of hydrogen-bond donors (Lipinski definition) is 1. The van der Waals surface area contributed by atoms with Crippen molar-refractivity contribution in [2.45, 2.75) is 20.3 Å². The molecule has 1 aromatic carbocycles. The number of nitrogens with one attached hydrogen (secondary N) is 1. The monoisotopic (exact) mass is 265 g/mol. The van der Waals surface area contributed by atoms with E-state index in [1.165, 1.54) is 12.1 Å². The molecule has 0 aliphatic carbocycles. The molecule has 0 aliphatic rings. The van der Waals surface area contributed by atoms with Crippen molar-refractivity contribution in [2.24, 2.45) is 0 Å². The summed E-state index contributed by atoms with van der Waals surface area (Å²) in [5, 5.41) is 3.55. The SMILES string of the molecule is CCc1nc(Cl)c(C)c(Nc2ccc(F)cc2)n1. The number of anilines is 2. The number of benzene rings is 1. The Kier molecular flexibility index (Phi) is 3.77. The lowest BCUT2D eigenvalue weighted by Crippen LogP contribution is -2.03. The van der Waals surface area contributed by atoms with Gasteiger partial charge in [-0.2, -0.15) is 0 Å². The molecule has 18 heavy (non-hydrogen) atoms. The highest BCUT2D eigenvalue weighted by Gasteiger charge is 2.08. The summed E-state index contributed by atoms with van der Waals surface area (Å²) in [6.45, 7) is 3.80. The van der Waals surface area contributed by atoms with Gasteiger partial charge in [-0.25, -0.2) is 14.4 Å². The lowest BCUT2D eigenvalue weighted by atomic mass is 10.3. The lowest BCUT2D eigenvalue weighted by Gasteiger charge is -2.10. The Morgan fingerprint density at radius 2 is 1.89 bits per heavy atom. The molecule has 0 radical (unpaired) electrons. The fourth-order valence-corrected chi connectivity index (χ4v) is 1.67. The third-order valence-corrected chi connectivity index (χ3v) is 2.92. The summed E-state index contributed by atoms with van der Waals surface area (Å²) in [6, 6.07) is 6.08. The molecule has 0 saturated carbocycles. The fraction of sp³-hybridized carbons (Fsp3) is 0.231. The summed E-state index contributed by atoms with van der Waals surface area (Å²) in [5.41, 5.74) is 1.54. The maximum absolute atomic E-state index is 12.8. The molecule has 0 amide bonds. The Morgan fingerprint density at radius 3 is 2.50 bits per heavy atom. The van der Waals surface area contributed by atoms with Gasteiger partial charge in [-0.05, 0) is 31.2 Å². The van der Waals surface area contributed by atoms with Crippen molar-refractivity contribution < 1.29 is 4.39 Å². The second-order valence-electron chi connectivity index (χ2n) is 3.89. The van der Waals surface area contributed by atoms with Gasteiger partial charge in [0.1, 0.15) is 22.6 Å². The molecule has 0 atom stereocenters. The fourth-order valence-electron chi connectivity index (χ4n) is 1.48. The van der Waals surface area contributed by atoms with Crippen LogP contribution in [0.25, 0.3) is 0 Å². The molecule has 2 aromatic rings. The van der Waals surface area contributed by atoms with Gasteiger partial charge in [0.05, 0.1) is 0 Å². The van der Waals surface area contributed by atoms with Gasteiger partial charge < -0.3 is 5.32 Å². The average Bonchev–Trinajstić information content (AvgIpc) is 2.37. The van der Waals surface area contributed by atoms with Crippen LogP contribution in [0.3, 0.4) is 0 Å². The molecule has 1 heterocycles. The Morgan fingerprint density at radius 1 is 1.22 bits per heavy atom. The van der Waals surface area contributed by atoms with Gasteiger partial charge in [-0.1, -0.05) is 18.5 Å². The number of halogens is 2. The molecule has 2 rings (SSSR count). The Balaban J connectivity index is 2.33. The maximum Gasteiger partial charge on any atom is 0.138 e. The number of aromatic nitrogens is 2. The number of aryl methyl sites for hydroxylation is 1. The maximum atomic E-state index is 12.8. The average molecular weight is 266 g/mol. The van der Waals surface area contributed by atoms with E-state index in [0.29, 0.717) is 23.2 Å². The summed E-state index contributed by atoms with van der Waals surface area (Å²) < 4.78 is 12.8. The van der Waals surface area contributed by atoms with Crippen LogP contribution in [0.4, 0.5) is 15.9 Å². The highest BCUT2D eigenvalue weighted by molar-refractivity contribution is 6.30. The minimum Gasteiger partial charge on any atom is -0.340 e. The first kappa shape index (κ1) is 12.8. The van der Waals surface area contributed by atoms with Gasteiger partial charge in [0.25, 0.3) is 0 Å². The minimum atomic E-state index is -0.271. The first-order valence-electron chi connectivity index (χ1n) is 5.65. The molecule has 1 N–H and O–H groups in total. The molecular weight excluding hydrogens is 253 g/mol. The largest absolute Gasteiger partial charge is 0.340 e. The molecule has 0 unspecified atom stereocenters. The van der Waals surface area contributed by atoms with Crippen molar-refractivity contribution in [2.75, 3.05) is 5.32 Å². The quantitative estimate of drug-likeness (QED) is 0.856. The number of nitrogens with zero attached hydrogens (tertiary/aromatic N) is 2. The van der Waals surface area contributed by atoms with Crippen molar-refractivity contribution in [3.05, 3.63) is 46.6 Å². The van der Waals surface area contributed by atoms with E-state index in [2.05, 4.69) is 15.3 Å². The van der Waals surface area contributed by atoms with Crippen molar-refractivity contribution in [1.29, 1.82) is 0 Å². The van der Waals surface area contributed by atoms with Crippen molar-refractivity contribution in [3.63, 3.8) is 0 Å². The van der Waals surface area contributed by atoms with Crippen LogP contribution in [0.1, 0.15) is 18.3 Å². The van der Waals surface area contributed by atoms with Crippen molar-refractivity contribution >= 4 is 23.1 Å². The van der Waals surface area contributed by atoms with E-state index in [9.17, 15) is 4.39 Å².